The molecule has 0 heterocycles. The number of carbonyl (C=O) groups excluding carboxylic acids is 1. The van der Waals surface area contributed by atoms with Gasteiger partial charge in [-0.25, -0.2) is 0 Å². The summed E-state index contributed by atoms with van der Waals surface area (Å²) in [4.78, 5) is 13.6. The number of amides is 1. The van der Waals surface area contributed by atoms with Crippen LogP contribution in [0.25, 0.3) is 0 Å². The number of hydrogen-bond donors (Lipinski definition) is 2. The van der Waals surface area contributed by atoms with E-state index < -0.39 is 0 Å². The molecule has 92 valence electrons. The predicted molar refractivity (Wildman–Crippen MR) is 66.2 cm³/mol. The number of benzene rings is 1. The molecule has 0 aliphatic rings. The molecule has 3 N–H and O–H groups in total. The van der Waals surface area contributed by atoms with E-state index in [2.05, 4.69) is 5.16 Å². The van der Waals surface area contributed by atoms with Crippen molar-refractivity contribution in [2.75, 3.05) is 13.6 Å². The summed E-state index contributed by atoms with van der Waals surface area (Å²) in [6.45, 7) is 2.71. The molecular formula is C12H17N3O2. The van der Waals surface area contributed by atoms with Crippen LogP contribution < -0.4 is 5.73 Å². The van der Waals surface area contributed by atoms with Crippen molar-refractivity contribution in [2.24, 2.45) is 10.9 Å². The third-order valence-corrected chi connectivity index (χ3v) is 2.42. The van der Waals surface area contributed by atoms with Gasteiger partial charge in [-0.2, -0.15) is 0 Å². The average molecular weight is 235 g/mol. The van der Waals surface area contributed by atoms with Crippen LogP contribution in [0.15, 0.2) is 29.4 Å². The molecule has 0 aromatic heterocycles. The first kappa shape index (κ1) is 13.0. The van der Waals surface area contributed by atoms with Gasteiger partial charge in [-0.05, 0) is 18.6 Å². The third kappa shape index (κ3) is 3.21. The Morgan fingerprint density at radius 2 is 2.12 bits per heavy atom. The Kier molecular flexibility index (Phi) is 4.51. The SMILES string of the molecule is CCCN(C)C(=O)c1cccc(/C(N)=N/O)c1. The Hall–Kier alpha value is -2.04. The standard InChI is InChI=1S/C12H17N3O2/c1-3-7-15(2)12(16)10-6-4-5-9(8-10)11(13)14-17/h4-6,8,17H,3,7H2,1-2H3,(H2,13,14). The molecule has 0 saturated carbocycles. The summed E-state index contributed by atoms with van der Waals surface area (Å²) in [5, 5.41) is 11.5. The van der Waals surface area contributed by atoms with Gasteiger partial charge in [0.2, 0.25) is 0 Å². The lowest BCUT2D eigenvalue weighted by Gasteiger charge is -2.16. The number of hydrogen-bond acceptors (Lipinski definition) is 3. The quantitative estimate of drug-likeness (QED) is 0.357. The van der Waals surface area contributed by atoms with Crippen LogP contribution in [0, 0.1) is 0 Å². The summed E-state index contributed by atoms with van der Waals surface area (Å²) in [6.07, 6.45) is 0.905. The fourth-order valence-corrected chi connectivity index (χ4v) is 1.53. The fourth-order valence-electron chi connectivity index (χ4n) is 1.53. The number of oxime groups is 1. The van der Waals surface area contributed by atoms with Gasteiger partial charge >= 0.3 is 0 Å². The number of carbonyl (C=O) groups is 1. The van der Waals surface area contributed by atoms with Crippen LogP contribution in [0.3, 0.4) is 0 Å². The van der Waals surface area contributed by atoms with Crippen LogP contribution in [0.4, 0.5) is 0 Å². The van der Waals surface area contributed by atoms with E-state index in [1.54, 1.807) is 36.2 Å². The van der Waals surface area contributed by atoms with Gasteiger partial charge in [0.05, 0.1) is 0 Å². The van der Waals surface area contributed by atoms with Crippen molar-refractivity contribution in [3.05, 3.63) is 35.4 Å². The second-order valence-corrected chi connectivity index (χ2v) is 3.79. The van der Waals surface area contributed by atoms with E-state index in [9.17, 15) is 4.79 Å². The van der Waals surface area contributed by atoms with Crippen LogP contribution in [0.5, 0.6) is 0 Å². The Labute approximate surface area is 101 Å². The van der Waals surface area contributed by atoms with Gasteiger partial charge in [0, 0.05) is 24.7 Å². The summed E-state index contributed by atoms with van der Waals surface area (Å²) in [7, 11) is 1.75. The maximum Gasteiger partial charge on any atom is 0.253 e. The highest BCUT2D eigenvalue weighted by atomic mass is 16.4. The number of rotatable bonds is 4. The molecule has 1 aromatic carbocycles. The van der Waals surface area contributed by atoms with Gasteiger partial charge in [0.1, 0.15) is 0 Å². The molecule has 0 aliphatic carbocycles. The lowest BCUT2D eigenvalue weighted by Crippen LogP contribution is -2.27. The zero-order valence-corrected chi connectivity index (χ0v) is 10.1. The summed E-state index contributed by atoms with van der Waals surface area (Å²) in [5.41, 5.74) is 6.54. The monoisotopic (exact) mass is 235 g/mol. The highest BCUT2D eigenvalue weighted by molar-refractivity contribution is 6.01. The van der Waals surface area contributed by atoms with Gasteiger partial charge in [0.25, 0.3) is 5.91 Å². The molecule has 0 unspecified atom stereocenters. The van der Waals surface area contributed by atoms with Crippen LogP contribution in [0.2, 0.25) is 0 Å². The molecule has 5 nitrogen and oxygen atoms in total. The summed E-state index contributed by atoms with van der Waals surface area (Å²) in [5.74, 6) is -0.0720. The summed E-state index contributed by atoms with van der Waals surface area (Å²) < 4.78 is 0. The van der Waals surface area contributed by atoms with Crippen molar-refractivity contribution in [1.29, 1.82) is 0 Å². The van der Waals surface area contributed by atoms with E-state index in [1.165, 1.54) is 0 Å². The molecule has 1 rings (SSSR count). The van der Waals surface area contributed by atoms with Crippen molar-refractivity contribution in [2.45, 2.75) is 13.3 Å². The van der Waals surface area contributed by atoms with Crippen molar-refractivity contribution in [3.8, 4) is 0 Å². The largest absolute Gasteiger partial charge is 0.409 e. The van der Waals surface area contributed by atoms with Gasteiger partial charge in [-0.3, -0.25) is 4.79 Å². The smallest absolute Gasteiger partial charge is 0.253 e. The summed E-state index contributed by atoms with van der Waals surface area (Å²) >= 11 is 0. The van der Waals surface area contributed by atoms with Gasteiger partial charge in [0.15, 0.2) is 5.84 Å². The topological polar surface area (TPSA) is 78.9 Å². The molecule has 0 radical (unpaired) electrons. The molecule has 1 amide bonds. The van der Waals surface area contributed by atoms with Crippen molar-refractivity contribution >= 4 is 11.7 Å². The highest BCUT2D eigenvalue weighted by Crippen LogP contribution is 2.08. The van der Waals surface area contributed by atoms with E-state index in [0.717, 1.165) is 6.42 Å². The van der Waals surface area contributed by atoms with Crippen LogP contribution in [-0.4, -0.2) is 35.4 Å². The minimum atomic E-state index is -0.0700. The Balaban J connectivity index is 2.96. The molecule has 1 aromatic rings. The molecule has 17 heavy (non-hydrogen) atoms. The molecule has 0 saturated heterocycles. The van der Waals surface area contributed by atoms with E-state index in [-0.39, 0.29) is 11.7 Å². The number of amidine groups is 1. The number of nitrogens with zero attached hydrogens (tertiary/aromatic N) is 2. The minimum Gasteiger partial charge on any atom is -0.409 e. The van der Waals surface area contributed by atoms with Crippen molar-refractivity contribution < 1.29 is 10.0 Å². The Morgan fingerprint density at radius 1 is 1.47 bits per heavy atom. The molecule has 0 aliphatic heterocycles. The zero-order valence-electron chi connectivity index (χ0n) is 10.1. The van der Waals surface area contributed by atoms with E-state index in [1.807, 2.05) is 6.92 Å². The van der Waals surface area contributed by atoms with E-state index >= 15 is 0 Å². The first-order valence-electron chi connectivity index (χ1n) is 5.43. The van der Waals surface area contributed by atoms with E-state index in [0.29, 0.717) is 17.7 Å². The Morgan fingerprint density at radius 3 is 2.71 bits per heavy atom. The third-order valence-electron chi connectivity index (χ3n) is 2.42. The van der Waals surface area contributed by atoms with Crippen LogP contribution in [-0.2, 0) is 0 Å². The molecule has 5 heteroatoms. The number of nitrogens with two attached hydrogens (primary N) is 1. The lowest BCUT2D eigenvalue weighted by molar-refractivity contribution is 0.0795. The van der Waals surface area contributed by atoms with Crippen LogP contribution in [0.1, 0.15) is 29.3 Å². The molecule has 0 atom stereocenters. The average Bonchev–Trinajstić information content (AvgIpc) is 2.37. The molecule has 0 spiro atoms. The molecular weight excluding hydrogens is 218 g/mol. The van der Waals surface area contributed by atoms with Crippen molar-refractivity contribution in [3.63, 3.8) is 0 Å². The highest BCUT2D eigenvalue weighted by Gasteiger charge is 2.11. The zero-order chi connectivity index (χ0) is 12.8. The van der Waals surface area contributed by atoms with Gasteiger partial charge < -0.3 is 15.8 Å². The maximum atomic E-state index is 12.0. The molecule has 0 bridgehead atoms. The first-order chi connectivity index (χ1) is 8.10. The van der Waals surface area contributed by atoms with E-state index in [4.69, 9.17) is 10.9 Å². The van der Waals surface area contributed by atoms with Gasteiger partial charge in [-0.1, -0.05) is 24.2 Å². The van der Waals surface area contributed by atoms with Crippen molar-refractivity contribution in [1.82, 2.24) is 4.90 Å². The normalized spacial score (nSPS) is 11.3. The second kappa shape index (κ2) is 5.89. The Bertz CT molecular complexity index is 430. The second-order valence-electron chi connectivity index (χ2n) is 3.79. The molecule has 0 fully saturated rings. The van der Waals surface area contributed by atoms with Crippen LogP contribution >= 0.6 is 0 Å². The predicted octanol–water partition coefficient (Wildman–Crippen LogP) is 1.26. The maximum absolute atomic E-state index is 12.0. The lowest BCUT2D eigenvalue weighted by atomic mass is 10.1. The summed E-state index contributed by atoms with van der Waals surface area (Å²) in [6, 6.07) is 6.72. The minimum absolute atomic E-state index is 0.00204. The first-order valence-corrected chi connectivity index (χ1v) is 5.43. The van der Waals surface area contributed by atoms with Gasteiger partial charge in [-0.15, -0.1) is 0 Å². The fraction of sp³-hybridized carbons (Fsp3) is 0.333.